The van der Waals surface area contributed by atoms with Gasteiger partial charge in [-0.3, -0.25) is 19.7 Å². The van der Waals surface area contributed by atoms with Gasteiger partial charge >= 0.3 is 5.97 Å². The second-order valence-corrected chi connectivity index (χ2v) is 3.60. The molecular weight excluding hydrogens is 240 g/mol. The van der Waals surface area contributed by atoms with E-state index in [4.69, 9.17) is 5.11 Å². The molecule has 7 nitrogen and oxygen atoms in total. The Kier molecular flexibility index (Phi) is 4.79. The number of hydrogen-bond acceptors (Lipinski definition) is 4. The molecule has 0 saturated heterocycles. The molecule has 18 heavy (non-hydrogen) atoms. The number of nitrogens with one attached hydrogen (secondary N) is 1. The average Bonchev–Trinajstić information content (AvgIpc) is 2.29. The molecule has 0 fully saturated rings. The van der Waals surface area contributed by atoms with Crippen LogP contribution in [0.5, 0.6) is 0 Å². The minimum absolute atomic E-state index is 0.0566. The highest BCUT2D eigenvalue weighted by atomic mass is 16.6. The molecular formula is C11H12N2O5. The molecule has 1 aromatic rings. The maximum atomic E-state index is 11.4. The maximum Gasteiger partial charge on any atom is 0.303 e. The summed E-state index contributed by atoms with van der Waals surface area (Å²) in [6.45, 7) is 0. The molecule has 0 aliphatic heterocycles. The van der Waals surface area contributed by atoms with Gasteiger partial charge in [0.1, 0.15) is 0 Å². The van der Waals surface area contributed by atoms with Gasteiger partial charge in [-0.05, 0) is 18.6 Å². The lowest BCUT2D eigenvalue weighted by Gasteiger charge is -2.03. The number of rotatable bonds is 6. The van der Waals surface area contributed by atoms with Gasteiger partial charge in [0.25, 0.3) is 5.69 Å². The number of nitro benzene ring substituents is 1. The monoisotopic (exact) mass is 252 g/mol. The Hall–Kier alpha value is -2.44. The molecule has 0 spiro atoms. The molecule has 2 N–H and O–H groups in total. The van der Waals surface area contributed by atoms with E-state index in [2.05, 4.69) is 5.32 Å². The predicted octanol–water partition coefficient (Wildman–Crippen LogP) is 1.79. The number of carboxylic acids is 1. The molecule has 1 rings (SSSR count). The Morgan fingerprint density at radius 3 is 2.33 bits per heavy atom. The lowest BCUT2D eigenvalue weighted by molar-refractivity contribution is -0.384. The summed E-state index contributed by atoms with van der Waals surface area (Å²) in [5, 5.41) is 21.3. The summed E-state index contributed by atoms with van der Waals surface area (Å²) in [6.07, 6.45) is 0.297. The number of hydrogen-bond donors (Lipinski definition) is 2. The van der Waals surface area contributed by atoms with E-state index in [0.29, 0.717) is 5.69 Å². The molecule has 0 radical (unpaired) electrons. The van der Waals surface area contributed by atoms with Gasteiger partial charge in [0.15, 0.2) is 0 Å². The van der Waals surface area contributed by atoms with Gasteiger partial charge in [0, 0.05) is 30.7 Å². The van der Waals surface area contributed by atoms with Crippen LogP contribution in [-0.4, -0.2) is 21.9 Å². The summed E-state index contributed by atoms with van der Waals surface area (Å²) >= 11 is 0. The van der Waals surface area contributed by atoms with Crippen LogP contribution in [0, 0.1) is 10.1 Å². The van der Waals surface area contributed by atoms with E-state index in [1.54, 1.807) is 0 Å². The number of anilines is 1. The van der Waals surface area contributed by atoms with Crippen molar-refractivity contribution in [2.75, 3.05) is 5.32 Å². The van der Waals surface area contributed by atoms with Gasteiger partial charge in [-0.15, -0.1) is 0 Å². The maximum absolute atomic E-state index is 11.4. The highest BCUT2D eigenvalue weighted by molar-refractivity contribution is 5.90. The fourth-order valence-electron chi connectivity index (χ4n) is 1.29. The predicted molar refractivity (Wildman–Crippen MR) is 63.2 cm³/mol. The molecule has 96 valence electrons. The number of benzene rings is 1. The normalized spacial score (nSPS) is 9.78. The third kappa shape index (κ3) is 4.60. The van der Waals surface area contributed by atoms with Gasteiger partial charge in [-0.25, -0.2) is 0 Å². The second kappa shape index (κ2) is 6.33. The largest absolute Gasteiger partial charge is 0.481 e. The second-order valence-electron chi connectivity index (χ2n) is 3.60. The summed E-state index contributed by atoms with van der Waals surface area (Å²) < 4.78 is 0. The first-order chi connectivity index (χ1) is 8.49. The first kappa shape index (κ1) is 13.6. The van der Waals surface area contributed by atoms with Crippen LogP contribution < -0.4 is 5.32 Å². The Labute approximate surface area is 103 Å². The molecule has 0 unspecified atom stereocenters. The van der Waals surface area contributed by atoms with Crippen LogP contribution in [0.4, 0.5) is 11.4 Å². The third-order valence-electron chi connectivity index (χ3n) is 2.16. The third-order valence-corrected chi connectivity index (χ3v) is 2.16. The number of aliphatic carboxylic acids is 1. The van der Waals surface area contributed by atoms with Gasteiger partial charge in [-0.1, -0.05) is 0 Å². The van der Waals surface area contributed by atoms with Crippen molar-refractivity contribution in [2.24, 2.45) is 0 Å². The molecule has 0 bridgehead atoms. The molecule has 1 amide bonds. The van der Waals surface area contributed by atoms with E-state index < -0.39 is 10.9 Å². The van der Waals surface area contributed by atoms with Crippen LogP contribution in [0.2, 0.25) is 0 Å². The van der Waals surface area contributed by atoms with E-state index in [1.807, 2.05) is 0 Å². The Bertz CT molecular complexity index is 455. The standard InChI is InChI=1S/C11H12N2O5/c14-10(2-1-3-11(15)16)12-8-4-6-9(7-5-8)13(17)18/h4-7H,1-3H2,(H,12,14)(H,15,16). The summed E-state index contributed by atoms with van der Waals surface area (Å²) in [7, 11) is 0. The lowest BCUT2D eigenvalue weighted by atomic mass is 10.2. The number of carbonyl (C=O) groups is 2. The number of carbonyl (C=O) groups excluding carboxylic acids is 1. The summed E-state index contributed by atoms with van der Waals surface area (Å²) in [6, 6.07) is 5.42. The fourth-order valence-corrected chi connectivity index (χ4v) is 1.29. The van der Waals surface area contributed by atoms with Crippen molar-refractivity contribution < 1.29 is 19.6 Å². The van der Waals surface area contributed by atoms with Gasteiger partial charge < -0.3 is 10.4 Å². The Balaban J connectivity index is 2.44. The van der Waals surface area contributed by atoms with Crippen LogP contribution in [0.1, 0.15) is 19.3 Å². The van der Waals surface area contributed by atoms with E-state index in [-0.39, 0.29) is 30.9 Å². The van der Waals surface area contributed by atoms with Crippen LogP contribution in [-0.2, 0) is 9.59 Å². The summed E-state index contributed by atoms with van der Waals surface area (Å²) in [5.74, 6) is -1.26. The first-order valence-corrected chi connectivity index (χ1v) is 5.25. The van der Waals surface area contributed by atoms with Crippen molar-refractivity contribution in [3.63, 3.8) is 0 Å². The zero-order valence-electron chi connectivity index (χ0n) is 9.46. The van der Waals surface area contributed by atoms with E-state index >= 15 is 0 Å². The smallest absolute Gasteiger partial charge is 0.303 e. The number of nitrogens with zero attached hydrogens (tertiary/aromatic N) is 1. The molecule has 7 heteroatoms. The van der Waals surface area contributed by atoms with Gasteiger partial charge in [0.2, 0.25) is 5.91 Å². The molecule has 0 heterocycles. The van der Waals surface area contributed by atoms with E-state index in [1.165, 1.54) is 24.3 Å². The van der Waals surface area contributed by atoms with Crippen LogP contribution in [0.15, 0.2) is 24.3 Å². The average molecular weight is 252 g/mol. The summed E-state index contributed by atoms with van der Waals surface area (Å²) in [4.78, 5) is 31.5. The highest BCUT2D eigenvalue weighted by Crippen LogP contribution is 2.15. The van der Waals surface area contributed by atoms with Gasteiger partial charge in [0.05, 0.1) is 4.92 Å². The van der Waals surface area contributed by atoms with Crippen molar-refractivity contribution in [1.82, 2.24) is 0 Å². The van der Waals surface area contributed by atoms with Crippen molar-refractivity contribution in [3.8, 4) is 0 Å². The van der Waals surface area contributed by atoms with Crippen molar-refractivity contribution in [1.29, 1.82) is 0 Å². The van der Waals surface area contributed by atoms with Crippen LogP contribution >= 0.6 is 0 Å². The highest BCUT2D eigenvalue weighted by Gasteiger charge is 2.07. The zero-order chi connectivity index (χ0) is 13.5. The molecule has 0 aromatic heterocycles. The summed E-state index contributed by atoms with van der Waals surface area (Å²) in [5.41, 5.74) is 0.389. The first-order valence-electron chi connectivity index (χ1n) is 5.25. The Morgan fingerprint density at radius 1 is 1.22 bits per heavy atom. The number of nitro groups is 1. The zero-order valence-corrected chi connectivity index (χ0v) is 9.46. The molecule has 0 aliphatic carbocycles. The van der Waals surface area contributed by atoms with Crippen molar-refractivity contribution >= 4 is 23.3 Å². The Morgan fingerprint density at radius 2 is 1.83 bits per heavy atom. The number of amides is 1. The molecule has 1 aromatic carbocycles. The van der Waals surface area contributed by atoms with E-state index in [9.17, 15) is 19.7 Å². The minimum Gasteiger partial charge on any atom is -0.481 e. The SMILES string of the molecule is O=C(O)CCCC(=O)Nc1ccc([N+](=O)[O-])cc1. The topological polar surface area (TPSA) is 110 Å². The van der Waals surface area contributed by atoms with E-state index in [0.717, 1.165) is 0 Å². The van der Waals surface area contributed by atoms with Crippen molar-refractivity contribution in [3.05, 3.63) is 34.4 Å². The quantitative estimate of drug-likeness (QED) is 0.592. The number of non-ortho nitro benzene ring substituents is 1. The minimum atomic E-state index is -0.946. The molecule has 0 aliphatic rings. The lowest BCUT2D eigenvalue weighted by Crippen LogP contribution is -2.11. The van der Waals surface area contributed by atoms with Crippen LogP contribution in [0.25, 0.3) is 0 Å². The van der Waals surface area contributed by atoms with Gasteiger partial charge in [-0.2, -0.15) is 0 Å². The van der Waals surface area contributed by atoms with Crippen molar-refractivity contribution in [2.45, 2.75) is 19.3 Å². The number of carboxylic acid groups (broad SMARTS) is 1. The fraction of sp³-hybridized carbons (Fsp3) is 0.273. The van der Waals surface area contributed by atoms with Crippen LogP contribution in [0.3, 0.4) is 0 Å². The molecule has 0 saturated carbocycles. The molecule has 0 atom stereocenters.